The van der Waals surface area contributed by atoms with Crippen molar-refractivity contribution in [1.29, 1.82) is 0 Å². The predicted octanol–water partition coefficient (Wildman–Crippen LogP) is 4.03. The number of hydrogen-bond acceptors (Lipinski definition) is 7. The highest BCUT2D eigenvalue weighted by atomic mass is 16.5. The molecule has 2 amide bonds. The highest BCUT2D eigenvalue weighted by Crippen LogP contribution is 2.30. The van der Waals surface area contributed by atoms with E-state index in [4.69, 9.17) is 18.9 Å². The van der Waals surface area contributed by atoms with Crippen LogP contribution >= 0.6 is 0 Å². The Kier molecular flexibility index (Phi) is 7.69. The second kappa shape index (κ2) is 11.3. The second-order valence-electron chi connectivity index (χ2n) is 8.03. The molecule has 0 aliphatic carbocycles. The van der Waals surface area contributed by atoms with Crippen LogP contribution in [0.1, 0.15) is 6.42 Å². The lowest BCUT2D eigenvalue weighted by Gasteiger charge is -2.17. The zero-order chi connectivity index (χ0) is 25.5. The summed E-state index contributed by atoms with van der Waals surface area (Å²) < 4.78 is 21.3. The van der Waals surface area contributed by atoms with Crippen LogP contribution in [0.3, 0.4) is 0 Å². The van der Waals surface area contributed by atoms with Gasteiger partial charge in [0.25, 0.3) is 5.91 Å². The number of rotatable bonds is 9. The fraction of sp³-hybridized carbons (Fsp3) is 0.222. The summed E-state index contributed by atoms with van der Waals surface area (Å²) in [5.41, 5.74) is 1.12. The lowest BCUT2D eigenvalue weighted by molar-refractivity contribution is -0.151. The lowest BCUT2D eigenvalue weighted by atomic mass is 10.1. The van der Waals surface area contributed by atoms with Crippen molar-refractivity contribution in [3.8, 4) is 23.0 Å². The van der Waals surface area contributed by atoms with E-state index < -0.39 is 24.4 Å². The molecule has 9 heteroatoms. The molecule has 1 saturated heterocycles. The number of anilines is 2. The smallest absolute Gasteiger partial charge is 0.311 e. The maximum atomic E-state index is 12.6. The molecule has 0 bridgehead atoms. The summed E-state index contributed by atoms with van der Waals surface area (Å²) in [7, 11) is 3.09. The molecule has 3 aromatic carbocycles. The van der Waals surface area contributed by atoms with Gasteiger partial charge in [-0.2, -0.15) is 0 Å². The van der Waals surface area contributed by atoms with Crippen molar-refractivity contribution < 1.29 is 33.3 Å². The molecule has 0 unspecified atom stereocenters. The molecule has 1 atom stereocenters. The Morgan fingerprint density at radius 1 is 0.889 bits per heavy atom. The van der Waals surface area contributed by atoms with E-state index in [-0.39, 0.29) is 18.9 Å². The number of nitrogens with zero attached hydrogens (tertiary/aromatic N) is 1. The van der Waals surface area contributed by atoms with Crippen molar-refractivity contribution in [2.75, 3.05) is 37.6 Å². The minimum atomic E-state index is -0.660. The van der Waals surface area contributed by atoms with Crippen LogP contribution in [-0.2, 0) is 19.1 Å². The third-order valence-electron chi connectivity index (χ3n) is 5.63. The molecule has 9 nitrogen and oxygen atoms in total. The zero-order valence-corrected chi connectivity index (χ0v) is 19.9. The minimum absolute atomic E-state index is 0.0110. The molecule has 0 radical (unpaired) electrons. The number of carbonyl (C=O) groups is 3. The number of carbonyl (C=O) groups excluding carboxylic acids is 3. The molecule has 0 aromatic heterocycles. The standard InChI is InChI=1S/C27H26N2O7/c1-33-20-11-13-22(14-12-20)36-21-9-7-19(8-10-21)29-16-18(15-26(29)31)27(32)35-17-25(30)28-23-5-3-4-6-24(23)34-2/h3-14,18H,15-17H2,1-2H3,(H,28,30)/t18-/m1/s1. The number of para-hydroxylation sites is 2. The molecule has 1 aliphatic rings. The van der Waals surface area contributed by atoms with Crippen LogP contribution in [0.5, 0.6) is 23.0 Å². The van der Waals surface area contributed by atoms with Crippen LogP contribution in [0.25, 0.3) is 0 Å². The summed E-state index contributed by atoms with van der Waals surface area (Å²) in [5.74, 6) is 0.531. The van der Waals surface area contributed by atoms with Gasteiger partial charge in [0.15, 0.2) is 6.61 Å². The molecule has 4 rings (SSSR count). The van der Waals surface area contributed by atoms with Gasteiger partial charge >= 0.3 is 5.97 Å². The molecule has 1 N–H and O–H groups in total. The monoisotopic (exact) mass is 490 g/mol. The van der Waals surface area contributed by atoms with Crippen molar-refractivity contribution in [1.82, 2.24) is 0 Å². The maximum Gasteiger partial charge on any atom is 0.311 e. The van der Waals surface area contributed by atoms with Crippen LogP contribution in [-0.4, -0.2) is 45.2 Å². The summed E-state index contributed by atoms with van der Waals surface area (Å²) in [6.07, 6.45) is 0.0110. The van der Waals surface area contributed by atoms with Gasteiger partial charge in [0.1, 0.15) is 23.0 Å². The Hall–Kier alpha value is -4.53. The minimum Gasteiger partial charge on any atom is -0.497 e. The van der Waals surface area contributed by atoms with Crippen LogP contribution in [0.2, 0.25) is 0 Å². The van der Waals surface area contributed by atoms with E-state index in [1.807, 2.05) is 0 Å². The van der Waals surface area contributed by atoms with E-state index >= 15 is 0 Å². The third kappa shape index (κ3) is 5.93. The molecule has 1 aliphatic heterocycles. The van der Waals surface area contributed by atoms with Gasteiger partial charge in [0.05, 0.1) is 25.8 Å². The number of benzene rings is 3. The maximum absolute atomic E-state index is 12.6. The van der Waals surface area contributed by atoms with E-state index in [9.17, 15) is 14.4 Å². The van der Waals surface area contributed by atoms with Gasteiger partial charge in [-0.15, -0.1) is 0 Å². The Bertz CT molecular complexity index is 1230. The SMILES string of the molecule is COc1ccc(Oc2ccc(N3C[C@H](C(=O)OCC(=O)Nc4ccccc4OC)CC3=O)cc2)cc1. The van der Waals surface area contributed by atoms with Crippen LogP contribution in [0.15, 0.2) is 72.8 Å². The molecule has 3 aromatic rings. The van der Waals surface area contributed by atoms with Crippen LogP contribution in [0.4, 0.5) is 11.4 Å². The van der Waals surface area contributed by atoms with Crippen molar-refractivity contribution in [3.63, 3.8) is 0 Å². The second-order valence-corrected chi connectivity index (χ2v) is 8.03. The Morgan fingerprint density at radius 2 is 1.53 bits per heavy atom. The van der Waals surface area contributed by atoms with Crippen molar-refractivity contribution in [3.05, 3.63) is 72.8 Å². The zero-order valence-electron chi connectivity index (χ0n) is 19.9. The largest absolute Gasteiger partial charge is 0.497 e. The van der Waals surface area contributed by atoms with Crippen molar-refractivity contribution in [2.24, 2.45) is 5.92 Å². The third-order valence-corrected chi connectivity index (χ3v) is 5.63. The first kappa shape index (κ1) is 24.6. The highest BCUT2D eigenvalue weighted by Gasteiger charge is 2.36. The van der Waals surface area contributed by atoms with E-state index in [0.717, 1.165) is 5.75 Å². The first-order valence-electron chi connectivity index (χ1n) is 11.3. The van der Waals surface area contributed by atoms with Gasteiger partial charge < -0.3 is 29.2 Å². The summed E-state index contributed by atoms with van der Waals surface area (Å²) in [6, 6.07) is 21.1. The van der Waals surface area contributed by atoms with Crippen LogP contribution in [0, 0.1) is 5.92 Å². The van der Waals surface area contributed by atoms with E-state index in [0.29, 0.717) is 28.6 Å². The molecule has 1 fully saturated rings. The fourth-order valence-corrected chi connectivity index (χ4v) is 3.78. The predicted molar refractivity (Wildman–Crippen MR) is 133 cm³/mol. The average Bonchev–Trinajstić information content (AvgIpc) is 3.30. The molecule has 1 heterocycles. The normalized spacial score (nSPS) is 14.8. The Morgan fingerprint density at radius 3 is 2.19 bits per heavy atom. The Labute approximate surface area is 208 Å². The Balaban J connectivity index is 1.29. The molecule has 0 saturated carbocycles. The van der Waals surface area contributed by atoms with E-state index in [1.165, 1.54) is 12.0 Å². The summed E-state index contributed by atoms with van der Waals surface area (Å²) in [4.78, 5) is 38.8. The van der Waals surface area contributed by atoms with Gasteiger partial charge in [-0.3, -0.25) is 14.4 Å². The number of methoxy groups -OCH3 is 2. The number of ether oxygens (including phenoxy) is 4. The average molecular weight is 491 g/mol. The lowest BCUT2D eigenvalue weighted by Crippen LogP contribution is -2.28. The molecule has 0 spiro atoms. The van der Waals surface area contributed by atoms with E-state index in [2.05, 4.69) is 5.32 Å². The highest BCUT2D eigenvalue weighted by molar-refractivity contribution is 6.00. The topological polar surface area (TPSA) is 103 Å². The summed E-state index contributed by atoms with van der Waals surface area (Å²) in [5, 5.41) is 2.64. The van der Waals surface area contributed by atoms with Gasteiger partial charge in [-0.25, -0.2) is 0 Å². The number of nitrogens with one attached hydrogen (secondary N) is 1. The molecule has 186 valence electrons. The number of esters is 1. The van der Waals surface area contributed by atoms with E-state index in [1.54, 1.807) is 79.9 Å². The van der Waals surface area contributed by atoms with Gasteiger partial charge in [-0.05, 0) is 60.7 Å². The molecular formula is C27H26N2O7. The fourth-order valence-electron chi connectivity index (χ4n) is 3.78. The summed E-state index contributed by atoms with van der Waals surface area (Å²) >= 11 is 0. The summed E-state index contributed by atoms with van der Waals surface area (Å²) in [6.45, 7) is -0.288. The van der Waals surface area contributed by atoms with Crippen molar-refractivity contribution in [2.45, 2.75) is 6.42 Å². The van der Waals surface area contributed by atoms with Crippen LogP contribution < -0.4 is 24.4 Å². The first-order chi connectivity index (χ1) is 17.5. The van der Waals surface area contributed by atoms with Gasteiger partial charge in [0.2, 0.25) is 5.91 Å². The molecule has 36 heavy (non-hydrogen) atoms. The first-order valence-corrected chi connectivity index (χ1v) is 11.3. The molecular weight excluding hydrogens is 464 g/mol. The van der Waals surface area contributed by atoms with Gasteiger partial charge in [-0.1, -0.05) is 12.1 Å². The number of amides is 2. The number of hydrogen-bond donors (Lipinski definition) is 1. The van der Waals surface area contributed by atoms with Crippen molar-refractivity contribution >= 4 is 29.2 Å². The van der Waals surface area contributed by atoms with Gasteiger partial charge in [0, 0.05) is 18.7 Å². The quantitative estimate of drug-likeness (QED) is 0.452.